The molecule has 1 N–H and O–H groups in total. The number of halogens is 2. The Morgan fingerprint density at radius 1 is 1.36 bits per heavy atom. The zero-order chi connectivity index (χ0) is 19.3. The number of pyridine rings is 1. The third-order valence-electron chi connectivity index (χ3n) is 5.45. The second-order valence-corrected chi connectivity index (χ2v) is 7.78. The van der Waals surface area contributed by atoms with Crippen LogP contribution in [-0.4, -0.2) is 33.3 Å². The van der Waals surface area contributed by atoms with Crippen LogP contribution in [0, 0.1) is 0 Å². The Kier molecular flexibility index (Phi) is 4.45. The average molecular weight is 403 g/mol. The highest BCUT2D eigenvalue weighted by molar-refractivity contribution is 6.31. The lowest BCUT2D eigenvalue weighted by atomic mass is 10.0. The fourth-order valence-electron chi connectivity index (χ4n) is 4.14. The van der Waals surface area contributed by atoms with Crippen molar-refractivity contribution in [2.24, 2.45) is 0 Å². The summed E-state index contributed by atoms with van der Waals surface area (Å²) in [6.45, 7) is 2.68. The van der Waals surface area contributed by atoms with Gasteiger partial charge < -0.3 is 14.1 Å². The third kappa shape index (κ3) is 2.94. The van der Waals surface area contributed by atoms with Crippen LogP contribution < -0.4 is 5.48 Å². The number of hydrogen-bond donors (Lipinski definition) is 1. The Balaban J connectivity index is 1.76. The van der Waals surface area contributed by atoms with E-state index in [9.17, 15) is 0 Å². The number of alkyl halides is 1. The van der Waals surface area contributed by atoms with Gasteiger partial charge in [-0.3, -0.25) is 4.98 Å². The van der Waals surface area contributed by atoms with Gasteiger partial charge in [-0.2, -0.15) is 0 Å². The van der Waals surface area contributed by atoms with Gasteiger partial charge in [0.05, 0.1) is 23.3 Å². The second kappa shape index (κ2) is 6.99. The van der Waals surface area contributed by atoms with Crippen LogP contribution in [0.15, 0.2) is 36.7 Å². The minimum Gasteiger partial charge on any atom is -0.416 e. The number of hydrogen-bond acceptors (Lipinski definition) is 5. The molecule has 1 aromatic carbocycles. The van der Waals surface area contributed by atoms with E-state index in [0.717, 1.165) is 29.3 Å². The lowest BCUT2D eigenvalue weighted by Gasteiger charge is -2.31. The predicted molar refractivity (Wildman–Crippen MR) is 105 cm³/mol. The first-order valence-electron chi connectivity index (χ1n) is 9.41. The van der Waals surface area contributed by atoms with Gasteiger partial charge in [-0.15, -0.1) is 5.48 Å². The van der Waals surface area contributed by atoms with Gasteiger partial charge in [0, 0.05) is 23.1 Å². The van der Waals surface area contributed by atoms with E-state index < -0.39 is 12.2 Å². The number of hydroxylamine groups is 1. The van der Waals surface area contributed by atoms with Crippen LogP contribution in [0.25, 0.3) is 21.9 Å². The zero-order valence-corrected chi connectivity index (χ0v) is 16.1. The minimum absolute atomic E-state index is 0.0814. The Hall–Kier alpha value is -2.22. The van der Waals surface area contributed by atoms with E-state index in [2.05, 4.69) is 15.4 Å². The lowest BCUT2D eigenvalue weighted by molar-refractivity contribution is 0.00510. The highest BCUT2D eigenvalue weighted by Crippen LogP contribution is 2.37. The molecule has 0 radical (unpaired) electrons. The van der Waals surface area contributed by atoms with E-state index in [4.69, 9.17) is 21.2 Å². The van der Waals surface area contributed by atoms with E-state index in [1.165, 1.54) is 6.26 Å². The summed E-state index contributed by atoms with van der Waals surface area (Å²) in [6, 6.07) is 5.06. The molecule has 146 valence electrons. The standard InChI is InChI=1S/C20H20ClFN4O2/c1-11-8-13(4-6-27-11)26-19-14-9-12(21)2-3-15(14)23-10-17(19)24-20(26)18(22)16-5-7-28-25-16/h2-3,5,7,9-11,13,16,18,25H,4,6,8H2,1H3/t11-,13-,16?,18?/m1/s1. The monoisotopic (exact) mass is 402 g/mol. The largest absolute Gasteiger partial charge is 0.416 e. The summed E-state index contributed by atoms with van der Waals surface area (Å²) < 4.78 is 23.3. The van der Waals surface area contributed by atoms with Gasteiger partial charge in [0.2, 0.25) is 0 Å². The molecule has 5 rings (SSSR count). The summed E-state index contributed by atoms with van der Waals surface area (Å²) >= 11 is 6.27. The van der Waals surface area contributed by atoms with Crippen molar-refractivity contribution < 1.29 is 14.0 Å². The fraction of sp³-hybridized carbons (Fsp3) is 0.400. The van der Waals surface area contributed by atoms with Crippen LogP contribution in [0.1, 0.15) is 37.8 Å². The average Bonchev–Trinajstić information content (AvgIpc) is 3.35. The molecular weight excluding hydrogens is 383 g/mol. The van der Waals surface area contributed by atoms with E-state index in [-0.39, 0.29) is 12.1 Å². The molecule has 0 spiro atoms. The van der Waals surface area contributed by atoms with E-state index >= 15 is 4.39 Å². The molecule has 3 aromatic rings. The SMILES string of the molecule is C[C@@H]1C[C@H](n2c(C(F)C3C=CON3)nc3cnc4ccc(Cl)cc4c32)CCO1. The number of ether oxygens (including phenoxy) is 1. The van der Waals surface area contributed by atoms with Gasteiger partial charge in [-0.05, 0) is 44.0 Å². The van der Waals surface area contributed by atoms with Crippen molar-refractivity contribution in [3.8, 4) is 0 Å². The smallest absolute Gasteiger partial charge is 0.180 e. The van der Waals surface area contributed by atoms with Crippen LogP contribution in [0.3, 0.4) is 0 Å². The molecule has 2 unspecified atom stereocenters. The maximum atomic E-state index is 15.5. The lowest BCUT2D eigenvalue weighted by Crippen LogP contribution is -2.31. The number of rotatable bonds is 3. The van der Waals surface area contributed by atoms with E-state index in [1.54, 1.807) is 12.3 Å². The van der Waals surface area contributed by atoms with Crippen molar-refractivity contribution >= 4 is 33.5 Å². The highest BCUT2D eigenvalue weighted by Gasteiger charge is 2.33. The summed E-state index contributed by atoms with van der Waals surface area (Å²) in [5.74, 6) is 0.371. The van der Waals surface area contributed by atoms with Crippen LogP contribution in [-0.2, 0) is 9.57 Å². The van der Waals surface area contributed by atoms with Gasteiger partial charge in [0.1, 0.15) is 23.6 Å². The molecule has 1 saturated heterocycles. The van der Waals surface area contributed by atoms with Gasteiger partial charge >= 0.3 is 0 Å². The van der Waals surface area contributed by atoms with Crippen molar-refractivity contribution in [2.45, 2.75) is 44.1 Å². The normalized spacial score (nSPS) is 26.0. The molecule has 2 aliphatic heterocycles. The molecule has 0 amide bonds. The van der Waals surface area contributed by atoms with Crippen molar-refractivity contribution in [3.63, 3.8) is 0 Å². The first kappa shape index (κ1) is 17.8. The molecule has 6 nitrogen and oxygen atoms in total. The van der Waals surface area contributed by atoms with Crippen LogP contribution in [0.2, 0.25) is 5.02 Å². The number of nitrogens with one attached hydrogen (secondary N) is 1. The first-order chi connectivity index (χ1) is 13.6. The maximum Gasteiger partial charge on any atom is 0.180 e. The van der Waals surface area contributed by atoms with Crippen molar-refractivity contribution in [1.82, 2.24) is 20.0 Å². The second-order valence-electron chi connectivity index (χ2n) is 7.34. The Morgan fingerprint density at radius 2 is 2.25 bits per heavy atom. The van der Waals surface area contributed by atoms with E-state index in [0.29, 0.717) is 23.0 Å². The molecule has 0 saturated carbocycles. The highest BCUT2D eigenvalue weighted by atomic mass is 35.5. The molecule has 4 heterocycles. The van der Waals surface area contributed by atoms with Crippen LogP contribution in [0.5, 0.6) is 0 Å². The van der Waals surface area contributed by atoms with Crippen molar-refractivity contribution in [2.75, 3.05) is 6.61 Å². The molecular formula is C20H20ClFN4O2. The number of nitrogens with zero attached hydrogens (tertiary/aromatic N) is 3. The number of fused-ring (bicyclic) bond motifs is 3. The fourth-order valence-corrected chi connectivity index (χ4v) is 4.31. The van der Waals surface area contributed by atoms with Crippen LogP contribution in [0.4, 0.5) is 4.39 Å². The summed E-state index contributed by atoms with van der Waals surface area (Å²) in [7, 11) is 0. The Morgan fingerprint density at radius 3 is 3.04 bits per heavy atom. The van der Waals surface area contributed by atoms with Gasteiger partial charge in [0.25, 0.3) is 0 Å². The summed E-state index contributed by atoms with van der Waals surface area (Å²) in [5, 5.41) is 1.49. The molecule has 1 fully saturated rings. The third-order valence-corrected chi connectivity index (χ3v) is 5.68. The zero-order valence-electron chi connectivity index (χ0n) is 15.3. The first-order valence-corrected chi connectivity index (χ1v) is 9.79. The molecule has 8 heteroatoms. The number of aromatic nitrogens is 3. The van der Waals surface area contributed by atoms with E-state index in [1.807, 2.05) is 29.7 Å². The maximum absolute atomic E-state index is 15.5. The van der Waals surface area contributed by atoms with Gasteiger partial charge in [0.15, 0.2) is 6.17 Å². The molecule has 2 aromatic heterocycles. The minimum atomic E-state index is -1.36. The molecule has 28 heavy (non-hydrogen) atoms. The van der Waals surface area contributed by atoms with Gasteiger partial charge in [-0.25, -0.2) is 9.37 Å². The van der Waals surface area contributed by atoms with Crippen molar-refractivity contribution in [3.05, 3.63) is 47.6 Å². The summed E-state index contributed by atoms with van der Waals surface area (Å²) in [4.78, 5) is 14.1. The summed E-state index contributed by atoms with van der Waals surface area (Å²) in [6.07, 6.45) is 5.15. The van der Waals surface area contributed by atoms with Crippen LogP contribution >= 0.6 is 11.6 Å². The summed E-state index contributed by atoms with van der Waals surface area (Å²) in [5.41, 5.74) is 5.02. The molecule has 0 aliphatic carbocycles. The number of benzene rings is 1. The Bertz CT molecular complexity index is 1070. The number of imidazole rings is 1. The molecule has 4 atom stereocenters. The quantitative estimate of drug-likeness (QED) is 0.703. The van der Waals surface area contributed by atoms with Crippen molar-refractivity contribution in [1.29, 1.82) is 0 Å². The van der Waals surface area contributed by atoms with Gasteiger partial charge in [-0.1, -0.05) is 11.6 Å². The topological polar surface area (TPSA) is 61.2 Å². The predicted octanol–water partition coefficient (Wildman–Crippen LogP) is 4.41. The molecule has 0 bridgehead atoms. The molecule has 2 aliphatic rings. The Labute approximate surface area is 166 Å².